The van der Waals surface area contributed by atoms with Crippen LogP contribution in [0.25, 0.3) is 22.3 Å². The van der Waals surface area contributed by atoms with Gasteiger partial charge < -0.3 is 19.3 Å². The Hall–Kier alpha value is -3.61. The molecule has 1 N–H and O–H groups in total. The molecule has 0 amide bonds. The lowest BCUT2D eigenvalue weighted by Gasteiger charge is -2.18. The third-order valence-electron chi connectivity index (χ3n) is 4.73. The van der Waals surface area contributed by atoms with Crippen LogP contribution in [0.5, 0.6) is 11.5 Å². The average molecular weight is 378 g/mol. The number of fused-ring (bicyclic) bond motifs is 1. The van der Waals surface area contributed by atoms with E-state index in [1.165, 1.54) is 13.2 Å². The van der Waals surface area contributed by atoms with Crippen LogP contribution in [0, 0.1) is 5.82 Å². The molecule has 0 saturated carbocycles. The molecule has 0 unspecified atom stereocenters. The van der Waals surface area contributed by atoms with Crippen LogP contribution in [0.15, 0.2) is 54.7 Å². The fraction of sp³-hybridized carbons (Fsp3) is 0.143. The van der Waals surface area contributed by atoms with Crippen LogP contribution < -0.4 is 9.64 Å². The first-order valence-corrected chi connectivity index (χ1v) is 8.67. The first kappa shape index (κ1) is 17.8. The van der Waals surface area contributed by atoms with E-state index < -0.39 is 0 Å². The molecule has 2 aromatic carbocycles. The third kappa shape index (κ3) is 2.90. The summed E-state index contributed by atoms with van der Waals surface area (Å²) in [5.74, 6) is 0.737. The first-order valence-electron chi connectivity index (χ1n) is 8.67. The van der Waals surface area contributed by atoms with Gasteiger partial charge in [0.2, 0.25) is 5.95 Å². The molecular formula is C21H19FN4O2. The maximum atomic E-state index is 14.2. The van der Waals surface area contributed by atoms with E-state index in [0.29, 0.717) is 28.6 Å². The van der Waals surface area contributed by atoms with Crippen LogP contribution in [0.3, 0.4) is 0 Å². The second-order valence-corrected chi connectivity index (χ2v) is 6.43. The number of ether oxygens (including phenoxy) is 1. The van der Waals surface area contributed by atoms with Crippen molar-refractivity contribution in [1.82, 2.24) is 14.5 Å². The molecule has 0 aliphatic heterocycles. The number of methoxy groups -OCH3 is 1. The van der Waals surface area contributed by atoms with Gasteiger partial charge in [-0.1, -0.05) is 12.1 Å². The number of nitrogens with zero attached hydrogens (tertiary/aromatic N) is 4. The number of anilines is 2. The molecule has 0 spiro atoms. The zero-order chi connectivity index (χ0) is 19.8. The maximum Gasteiger partial charge on any atom is 0.210 e. The topological polar surface area (TPSA) is 63.4 Å². The Labute approximate surface area is 161 Å². The molecule has 0 bridgehead atoms. The molecule has 4 aromatic rings. The highest BCUT2D eigenvalue weighted by molar-refractivity contribution is 5.83. The predicted molar refractivity (Wildman–Crippen MR) is 107 cm³/mol. The lowest BCUT2D eigenvalue weighted by molar-refractivity contribution is 0.373. The largest absolute Gasteiger partial charge is 0.504 e. The van der Waals surface area contributed by atoms with E-state index in [1.54, 1.807) is 54.5 Å². The van der Waals surface area contributed by atoms with E-state index in [2.05, 4.69) is 9.97 Å². The number of rotatable bonds is 4. The van der Waals surface area contributed by atoms with Crippen LogP contribution in [0.4, 0.5) is 16.0 Å². The van der Waals surface area contributed by atoms with Gasteiger partial charge in [0.1, 0.15) is 11.3 Å². The molecule has 0 atom stereocenters. The number of hydrogen-bond acceptors (Lipinski definition) is 5. The lowest BCUT2D eigenvalue weighted by atomic mass is 10.1. The van der Waals surface area contributed by atoms with Crippen molar-refractivity contribution in [3.63, 3.8) is 0 Å². The Morgan fingerprint density at radius 2 is 1.93 bits per heavy atom. The summed E-state index contributed by atoms with van der Waals surface area (Å²) in [5.41, 5.74) is 3.53. The van der Waals surface area contributed by atoms with Crippen LogP contribution in [0.2, 0.25) is 0 Å². The Morgan fingerprint density at radius 1 is 1.14 bits per heavy atom. The Balaban J connectivity index is 1.79. The fourth-order valence-corrected chi connectivity index (χ4v) is 3.21. The van der Waals surface area contributed by atoms with E-state index in [4.69, 9.17) is 4.74 Å². The molecule has 4 rings (SSSR count). The highest BCUT2D eigenvalue weighted by atomic mass is 19.1. The summed E-state index contributed by atoms with van der Waals surface area (Å²) in [4.78, 5) is 10.8. The summed E-state index contributed by atoms with van der Waals surface area (Å²) in [6.07, 6.45) is 1.68. The number of hydrogen-bond donors (Lipinski definition) is 1. The number of benzene rings is 2. The normalized spacial score (nSPS) is 11.0. The predicted octanol–water partition coefficient (Wildman–Crippen LogP) is 4.26. The molecule has 0 saturated heterocycles. The van der Waals surface area contributed by atoms with Crippen molar-refractivity contribution in [3.05, 3.63) is 60.5 Å². The molecular weight excluding hydrogens is 359 g/mol. The van der Waals surface area contributed by atoms with Gasteiger partial charge in [-0.05, 0) is 36.4 Å². The molecule has 2 heterocycles. The maximum absolute atomic E-state index is 14.2. The second-order valence-electron chi connectivity index (χ2n) is 6.43. The zero-order valence-corrected chi connectivity index (χ0v) is 15.7. The van der Waals surface area contributed by atoms with Gasteiger partial charge in [-0.25, -0.2) is 9.37 Å². The van der Waals surface area contributed by atoms with Crippen molar-refractivity contribution < 1.29 is 14.2 Å². The number of halogens is 1. The molecule has 142 valence electrons. The third-order valence-corrected chi connectivity index (χ3v) is 4.73. The highest BCUT2D eigenvalue weighted by Crippen LogP contribution is 2.33. The Bertz CT molecular complexity index is 1170. The van der Waals surface area contributed by atoms with Crippen LogP contribution in [-0.4, -0.2) is 33.8 Å². The SMILES string of the molecule is COc1cc(-c2cc3c(cn2)nc(N(C)c2ccccc2F)n3C)ccc1O. The molecule has 2 aromatic heterocycles. The molecule has 6 nitrogen and oxygen atoms in total. The number of phenols is 1. The number of aryl methyl sites for hydroxylation is 1. The van der Waals surface area contributed by atoms with Gasteiger partial charge in [0, 0.05) is 19.7 Å². The summed E-state index contributed by atoms with van der Waals surface area (Å²) in [6, 6.07) is 13.6. The van der Waals surface area contributed by atoms with Crippen molar-refractivity contribution in [2.75, 3.05) is 19.1 Å². The molecule has 7 heteroatoms. The number of pyridine rings is 1. The second kappa shape index (κ2) is 6.84. The van der Waals surface area contributed by atoms with E-state index >= 15 is 0 Å². The van der Waals surface area contributed by atoms with Gasteiger partial charge in [-0.2, -0.15) is 0 Å². The number of imidazole rings is 1. The minimum atomic E-state index is -0.313. The monoisotopic (exact) mass is 378 g/mol. The number of aromatic hydroxyl groups is 1. The minimum Gasteiger partial charge on any atom is -0.504 e. The van der Waals surface area contributed by atoms with Crippen molar-refractivity contribution >= 4 is 22.7 Å². The van der Waals surface area contributed by atoms with Crippen LogP contribution >= 0.6 is 0 Å². The van der Waals surface area contributed by atoms with E-state index in [1.807, 2.05) is 17.7 Å². The summed E-state index contributed by atoms with van der Waals surface area (Å²) in [6.45, 7) is 0. The van der Waals surface area contributed by atoms with E-state index in [-0.39, 0.29) is 11.6 Å². The summed E-state index contributed by atoms with van der Waals surface area (Å²) in [5, 5.41) is 9.80. The fourth-order valence-electron chi connectivity index (χ4n) is 3.21. The van der Waals surface area contributed by atoms with Gasteiger partial charge in [0.15, 0.2) is 11.5 Å². The van der Waals surface area contributed by atoms with Gasteiger partial charge in [-0.15, -0.1) is 0 Å². The van der Waals surface area contributed by atoms with Crippen LogP contribution in [-0.2, 0) is 7.05 Å². The van der Waals surface area contributed by atoms with Crippen molar-refractivity contribution in [2.45, 2.75) is 0 Å². The minimum absolute atomic E-state index is 0.0710. The molecule has 0 fully saturated rings. The van der Waals surface area contributed by atoms with Gasteiger partial charge >= 0.3 is 0 Å². The number of aromatic nitrogens is 3. The van der Waals surface area contributed by atoms with Crippen molar-refractivity contribution in [1.29, 1.82) is 0 Å². The van der Waals surface area contributed by atoms with Crippen molar-refractivity contribution in [2.24, 2.45) is 7.05 Å². The summed E-state index contributed by atoms with van der Waals surface area (Å²) in [7, 11) is 5.16. The Kier molecular flexibility index (Phi) is 4.35. The molecule has 0 radical (unpaired) electrons. The van der Waals surface area contributed by atoms with Gasteiger partial charge in [-0.3, -0.25) is 4.98 Å². The van der Waals surface area contributed by atoms with E-state index in [9.17, 15) is 9.50 Å². The Morgan fingerprint density at radius 3 is 2.68 bits per heavy atom. The zero-order valence-electron chi connectivity index (χ0n) is 15.7. The quantitative estimate of drug-likeness (QED) is 0.575. The standard InChI is InChI=1S/C21H19FN4O2/c1-25(17-7-5-4-6-14(17)22)21-24-16-12-23-15(11-18(16)26(21)2)13-8-9-19(27)20(10-13)28-3/h4-12,27H,1-3H3. The van der Waals surface area contributed by atoms with E-state index in [0.717, 1.165) is 11.1 Å². The smallest absolute Gasteiger partial charge is 0.210 e. The first-order chi connectivity index (χ1) is 13.5. The average Bonchev–Trinajstić information content (AvgIpc) is 3.04. The summed E-state index contributed by atoms with van der Waals surface area (Å²) >= 11 is 0. The number of para-hydroxylation sites is 1. The molecule has 28 heavy (non-hydrogen) atoms. The van der Waals surface area contributed by atoms with Crippen molar-refractivity contribution in [3.8, 4) is 22.8 Å². The lowest BCUT2D eigenvalue weighted by Crippen LogP contribution is -2.15. The molecule has 0 aliphatic carbocycles. The summed E-state index contributed by atoms with van der Waals surface area (Å²) < 4.78 is 21.2. The van der Waals surface area contributed by atoms with Gasteiger partial charge in [0.05, 0.1) is 30.2 Å². The number of phenolic OH excluding ortho intramolecular Hbond substituents is 1. The van der Waals surface area contributed by atoms with Crippen LogP contribution in [0.1, 0.15) is 0 Å². The highest BCUT2D eigenvalue weighted by Gasteiger charge is 2.17. The molecule has 0 aliphatic rings. The van der Waals surface area contributed by atoms with Gasteiger partial charge in [0.25, 0.3) is 0 Å².